The van der Waals surface area contributed by atoms with Gasteiger partial charge in [0.05, 0.1) is 19.7 Å². The van der Waals surface area contributed by atoms with E-state index in [0.29, 0.717) is 5.71 Å². The molecule has 17 heavy (non-hydrogen) atoms. The summed E-state index contributed by atoms with van der Waals surface area (Å²) in [5, 5.41) is 2.27. The van der Waals surface area contributed by atoms with Crippen LogP contribution in [0.2, 0.25) is 18.1 Å². The number of fused-ring (bicyclic) bond motifs is 1. The van der Waals surface area contributed by atoms with Crippen molar-refractivity contribution in [3.63, 3.8) is 0 Å². The third kappa shape index (κ3) is 1.76. The molecule has 3 nitrogen and oxygen atoms in total. The monoisotopic (exact) mass is 248 g/mol. The van der Waals surface area contributed by atoms with Crippen molar-refractivity contribution in [2.45, 2.75) is 38.9 Å². The van der Waals surface area contributed by atoms with Gasteiger partial charge >= 0.3 is 0 Å². The molecule has 2 rings (SSSR count). The van der Waals surface area contributed by atoms with Crippen molar-refractivity contribution in [3.05, 3.63) is 18.5 Å². The third-order valence-electron chi connectivity index (χ3n) is 4.14. The lowest BCUT2D eigenvalue weighted by molar-refractivity contribution is 0.603. The first-order valence-corrected chi connectivity index (χ1v) is 8.92. The molecular formula is C13H20N2OSi. The van der Waals surface area contributed by atoms with E-state index in [-0.39, 0.29) is 0 Å². The molecule has 0 saturated carbocycles. The van der Waals surface area contributed by atoms with Crippen molar-refractivity contribution >= 4 is 30.0 Å². The van der Waals surface area contributed by atoms with Crippen LogP contribution in [0.5, 0.6) is 0 Å². The van der Waals surface area contributed by atoms with Crippen molar-refractivity contribution in [1.29, 1.82) is 0 Å². The molecule has 92 valence electrons. The Morgan fingerprint density at radius 1 is 1.24 bits per heavy atom. The Hall–Kier alpha value is -1.29. The van der Waals surface area contributed by atoms with Gasteiger partial charge in [-0.25, -0.2) is 4.98 Å². The molecule has 2 aromatic heterocycles. The number of furan rings is 1. The molecule has 0 aromatic carbocycles. The highest BCUT2D eigenvalue weighted by Crippen LogP contribution is 2.26. The van der Waals surface area contributed by atoms with Crippen LogP contribution in [0.3, 0.4) is 0 Å². The molecule has 0 saturated heterocycles. The zero-order valence-corrected chi connectivity index (χ0v) is 11.8. The fourth-order valence-electron chi connectivity index (χ4n) is 2.69. The van der Waals surface area contributed by atoms with Crippen LogP contribution >= 0.6 is 0 Å². The van der Waals surface area contributed by atoms with Gasteiger partial charge in [-0.3, -0.25) is 0 Å². The van der Waals surface area contributed by atoms with E-state index in [2.05, 4.69) is 25.8 Å². The number of pyridine rings is 1. The molecule has 0 radical (unpaired) electrons. The minimum atomic E-state index is -1.46. The average molecular weight is 248 g/mol. The smallest absolute Gasteiger partial charge is 0.227 e. The third-order valence-corrected chi connectivity index (χ3v) is 9.74. The van der Waals surface area contributed by atoms with E-state index in [1.54, 1.807) is 6.26 Å². The SMILES string of the molecule is CC[Si](CC)(CC)c1cnc2occc2c1N. The fraction of sp³-hybridized carbons (Fsp3) is 0.462. The van der Waals surface area contributed by atoms with E-state index in [4.69, 9.17) is 10.2 Å². The molecule has 0 aliphatic heterocycles. The van der Waals surface area contributed by atoms with Crippen LogP contribution in [0, 0.1) is 0 Å². The van der Waals surface area contributed by atoms with Crippen LogP contribution in [-0.2, 0) is 0 Å². The van der Waals surface area contributed by atoms with Gasteiger partial charge in [-0.2, -0.15) is 0 Å². The Balaban J connectivity index is 2.65. The minimum Gasteiger partial charge on any atom is -0.446 e. The molecule has 0 spiro atoms. The largest absolute Gasteiger partial charge is 0.446 e. The second-order valence-electron chi connectivity index (χ2n) is 4.57. The summed E-state index contributed by atoms with van der Waals surface area (Å²) in [4.78, 5) is 4.40. The second kappa shape index (κ2) is 4.53. The number of nitrogen functional groups attached to an aromatic ring is 1. The van der Waals surface area contributed by atoms with Crippen LogP contribution in [0.1, 0.15) is 20.8 Å². The number of anilines is 1. The number of hydrogen-bond donors (Lipinski definition) is 1. The Morgan fingerprint density at radius 2 is 1.88 bits per heavy atom. The van der Waals surface area contributed by atoms with Crippen LogP contribution in [0.4, 0.5) is 5.69 Å². The zero-order chi connectivity index (χ0) is 12.5. The van der Waals surface area contributed by atoms with E-state index in [1.165, 1.54) is 23.3 Å². The van der Waals surface area contributed by atoms with Crippen molar-refractivity contribution in [3.8, 4) is 0 Å². The molecule has 2 N–H and O–H groups in total. The lowest BCUT2D eigenvalue weighted by atomic mass is 10.3. The highest BCUT2D eigenvalue weighted by Gasteiger charge is 2.32. The molecule has 4 heteroatoms. The number of aromatic nitrogens is 1. The van der Waals surface area contributed by atoms with Gasteiger partial charge in [0.25, 0.3) is 0 Å². The summed E-state index contributed by atoms with van der Waals surface area (Å²) in [7, 11) is -1.46. The molecule has 0 aliphatic carbocycles. The van der Waals surface area contributed by atoms with Gasteiger partial charge in [0, 0.05) is 11.9 Å². The Morgan fingerprint density at radius 3 is 2.47 bits per heavy atom. The first kappa shape index (κ1) is 12.2. The van der Waals surface area contributed by atoms with E-state index in [9.17, 15) is 0 Å². The fourth-order valence-corrected chi connectivity index (χ4v) is 6.38. The van der Waals surface area contributed by atoms with Gasteiger partial charge in [-0.15, -0.1) is 0 Å². The maximum atomic E-state index is 6.31. The normalized spacial score (nSPS) is 12.2. The molecule has 2 aromatic rings. The van der Waals surface area contributed by atoms with Crippen LogP contribution in [-0.4, -0.2) is 13.1 Å². The zero-order valence-electron chi connectivity index (χ0n) is 10.8. The molecule has 0 amide bonds. The van der Waals surface area contributed by atoms with Crippen molar-refractivity contribution in [2.75, 3.05) is 5.73 Å². The number of rotatable bonds is 4. The van der Waals surface area contributed by atoms with Crippen LogP contribution in [0.15, 0.2) is 22.9 Å². The summed E-state index contributed by atoms with van der Waals surface area (Å²) >= 11 is 0. The predicted molar refractivity (Wildman–Crippen MR) is 75.3 cm³/mol. The first-order chi connectivity index (χ1) is 8.18. The summed E-state index contributed by atoms with van der Waals surface area (Å²) in [6.45, 7) is 6.83. The lowest BCUT2D eigenvalue weighted by Crippen LogP contribution is -2.47. The Kier molecular flexibility index (Phi) is 3.24. The van der Waals surface area contributed by atoms with Crippen LogP contribution in [0.25, 0.3) is 11.1 Å². The first-order valence-electron chi connectivity index (χ1n) is 6.30. The lowest BCUT2D eigenvalue weighted by Gasteiger charge is -2.29. The molecule has 0 aliphatic rings. The molecular weight excluding hydrogens is 228 g/mol. The van der Waals surface area contributed by atoms with E-state index in [1.807, 2.05) is 12.3 Å². The summed E-state index contributed by atoms with van der Waals surface area (Å²) < 4.78 is 5.29. The number of nitrogens with two attached hydrogens (primary N) is 1. The maximum absolute atomic E-state index is 6.31. The van der Waals surface area contributed by atoms with Crippen molar-refractivity contribution in [1.82, 2.24) is 4.98 Å². The van der Waals surface area contributed by atoms with Gasteiger partial charge in [0.15, 0.2) is 0 Å². The van der Waals surface area contributed by atoms with Gasteiger partial charge in [-0.1, -0.05) is 38.9 Å². The highest BCUT2D eigenvalue weighted by molar-refractivity contribution is 6.92. The van der Waals surface area contributed by atoms with Crippen molar-refractivity contribution in [2.24, 2.45) is 0 Å². The summed E-state index contributed by atoms with van der Waals surface area (Å²) in [6.07, 6.45) is 3.61. The quantitative estimate of drug-likeness (QED) is 0.846. The number of hydrogen-bond acceptors (Lipinski definition) is 3. The van der Waals surface area contributed by atoms with Gasteiger partial charge in [0.1, 0.15) is 0 Å². The topological polar surface area (TPSA) is 52.0 Å². The van der Waals surface area contributed by atoms with Crippen molar-refractivity contribution < 1.29 is 4.42 Å². The molecule has 0 unspecified atom stereocenters. The minimum absolute atomic E-state index is 0.650. The van der Waals surface area contributed by atoms with E-state index in [0.717, 1.165) is 11.1 Å². The van der Waals surface area contributed by atoms with E-state index < -0.39 is 8.07 Å². The van der Waals surface area contributed by atoms with Crippen LogP contribution < -0.4 is 10.9 Å². The standard InChI is InChI=1S/C13H20N2OSi/c1-4-17(5-2,6-3)11-9-15-13-10(12(11)14)7-8-16-13/h7-9H,4-6H2,1-3H3,(H2,14,15). The Bertz CT molecular complexity index is 509. The van der Waals surface area contributed by atoms with Gasteiger partial charge in [-0.05, 0) is 11.3 Å². The summed E-state index contributed by atoms with van der Waals surface area (Å²) in [6, 6.07) is 5.57. The van der Waals surface area contributed by atoms with Gasteiger partial charge < -0.3 is 10.2 Å². The second-order valence-corrected chi connectivity index (χ2v) is 9.79. The number of nitrogens with zero attached hydrogens (tertiary/aromatic N) is 1. The molecule has 0 bridgehead atoms. The van der Waals surface area contributed by atoms with E-state index >= 15 is 0 Å². The average Bonchev–Trinajstić information content (AvgIpc) is 2.83. The Labute approximate surface area is 103 Å². The maximum Gasteiger partial charge on any atom is 0.227 e. The predicted octanol–water partition coefficient (Wildman–Crippen LogP) is 3.13. The summed E-state index contributed by atoms with van der Waals surface area (Å²) in [5.74, 6) is 0. The highest BCUT2D eigenvalue weighted by atomic mass is 28.3. The van der Waals surface area contributed by atoms with Gasteiger partial charge in [0.2, 0.25) is 5.71 Å². The summed E-state index contributed by atoms with van der Waals surface area (Å²) in [5.41, 5.74) is 7.85. The molecule has 2 heterocycles. The molecule has 0 fully saturated rings. The molecule has 0 atom stereocenters.